The van der Waals surface area contributed by atoms with Crippen molar-refractivity contribution in [3.63, 3.8) is 0 Å². The molecule has 0 aliphatic carbocycles. The average molecular weight is 246 g/mol. The van der Waals surface area contributed by atoms with Crippen LogP contribution in [0.1, 0.15) is 19.2 Å². The van der Waals surface area contributed by atoms with Crippen molar-refractivity contribution in [1.82, 2.24) is 14.9 Å². The number of hydrogen-bond donors (Lipinski definition) is 1. The summed E-state index contributed by atoms with van der Waals surface area (Å²) >= 11 is 0. The molecule has 0 saturated carbocycles. The zero-order valence-electron chi connectivity index (χ0n) is 10.1. The Morgan fingerprint density at radius 3 is 3.06 bits per heavy atom. The maximum absolute atomic E-state index is 11.8. The first kappa shape index (κ1) is 11.0. The van der Waals surface area contributed by atoms with Crippen LogP contribution in [0.3, 0.4) is 0 Å². The Morgan fingerprint density at radius 2 is 2.28 bits per heavy atom. The lowest BCUT2D eigenvalue weighted by Gasteiger charge is -2.27. The molecule has 1 unspecified atom stereocenters. The van der Waals surface area contributed by atoms with Gasteiger partial charge in [-0.1, -0.05) is 13.0 Å². The van der Waals surface area contributed by atoms with Crippen molar-refractivity contribution < 1.29 is 9.59 Å². The Bertz CT molecular complexity index is 546. The van der Waals surface area contributed by atoms with Crippen LogP contribution in [0.25, 0.3) is 6.20 Å². The summed E-state index contributed by atoms with van der Waals surface area (Å²) in [5.41, 5.74) is 0. The summed E-state index contributed by atoms with van der Waals surface area (Å²) in [6.45, 7) is 2.53. The number of nitrogens with one attached hydrogen (secondary N) is 1. The summed E-state index contributed by atoms with van der Waals surface area (Å²) in [4.78, 5) is 28.8. The lowest BCUT2D eigenvalue weighted by molar-refractivity contribution is -0.120. The van der Waals surface area contributed by atoms with E-state index < -0.39 is 0 Å². The molecule has 2 aliphatic heterocycles. The summed E-state index contributed by atoms with van der Waals surface area (Å²) in [5.74, 6) is 1.91. The van der Waals surface area contributed by atoms with Crippen LogP contribution in [-0.4, -0.2) is 28.0 Å². The van der Waals surface area contributed by atoms with Crippen molar-refractivity contribution in [1.29, 1.82) is 0 Å². The lowest BCUT2D eigenvalue weighted by atomic mass is 10.1. The molecule has 1 N–H and O–H groups in total. The second-order valence-electron chi connectivity index (χ2n) is 4.68. The predicted molar refractivity (Wildman–Crippen MR) is 65.9 cm³/mol. The molecule has 1 aromatic rings. The number of nitrogens with zero attached hydrogens (tertiary/aromatic N) is 3. The second kappa shape index (κ2) is 3.97. The van der Waals surface area contributed by atoms with Gasteiger partial charge in [-0.15, -0.1) is 0 Å². The third-order valence-electron chi connectivity index (χ3n) is 3.25. The number of carbonyl (C=O) groups is 2. The van der Waals surface area contributed by atoms with Crippen molar-refractivity contribution in [2.45, 2.75) is 19.8 Å². The SMILES string of the molecule is CC1C=Cn2c(N3CCC(=O)NC3=O)cnc2C1. The fraction of sp³-hybridized carbons (Fsp3) is 0.417. The number of urea groups is 1. The number of imidazole rings is 1. The van der Waals surface area contributed by atoms with Gasteiger partial charge >= 0.3 is 6.03 Å². The van der Waals surface area contributed by atoms with Gasteiger partial charge in [-0.25, -0.2) is 9.78 Å². The monoisotopic (exact) mass is 246 g/mol. The minimum atomic E-state index is -0.374. The molecule has 1 saturated heterocycles. The molecule has 1 atom stereocenters. The number of carbonyl (C=O) groups excluding carboxylic acids is 2. The number of aromatic nitrogens is 2. The van der Waals surface area contributed by atoms with E-state index in [0.717, 1.165) is 18.1 Å². The molecule has 6 heteroatoms. The van der Waals surface area contributed by atoms with Gasteiger partial charge in [-0.05, 0) is 5.92 Å². The first-order valence-corrected chi connectivity index (χ1v) is 6.01. The fourth-order valence-electron chi connectivity index (χ4n) is 2.27. The number of anilines is 1. The van der Waals surface area contributed by atoms with E-state index in [4.69, 9.17) is 0 Å². The van der Waals surface area contributed by atoms with Gasteiger partial charge in [0.2, 0.25) is 5.91 Å². The van der Waals surface area contributed by atoms with E-state index in [1.54, 1.807) is 11.1 Å². The number of imide groups is 1. The average Bonchev–Trinajstić information content (AvgIpc) is 2.72. The zero-order chi connectivity index (χ0) is 12.7. The highest BCUT2D eigenvalue weighted by molar-refractivity contribution is 6.05. The zero-order valence-corrected chi connectivity index (χ0v) is 10.1. The highest BCUT2D eigenvalue weighted by Crippen LogP contribution is 2.24. The predicted octanol–water partition coefficient (Wildman–Crippen LogP) is 0.992. The largest absolute Gasteiger partial charge is 0.329 e. The third-order valence-corrected chi connectivity index (χ3v) is 3.25. The Kier molecular flexibility index (Phi) is 2.43. The highest BCUT2D eigenvalue weighted by Gasteiger charge is 2.28. The van der Waals surface area contributed by atoms with Crippen LogP contribution in [0.4, 0.5) is 10.6 Å². The van der Waals surface area contributed by atoms with Gasteiger partial charge < -0.3 is 0 Å². The van der Waals surface area contributed by atoms with E-state index in [-0.39, 0.29) is 11.9 Å². The van der Waals surface area contributed by atoms with Crippen LogP contribution in [0, 0.1) is 5.92 Å². The summed E-state index contributed by atoms with van der Waals surface area (Å²) in [6, 6.07) is -0.374. The van der Waals surface area contributed by atoms with Gasteiger partial charge in [-0.2, -0.15) is 0 Å². The second-order valence-corrected chi connectivity index (χ2v) is 4.68. The molecule has 6 nitrogen and oxygen atoms in total. The van der Waals surface area contributed by atoms with E-state index in [9.17, 15) is 9.59 Å². The van der Waals surface area contributed by atoms with Gasteiger partial charge in [0.05, 0.1) is 6.20 Å². The minimum Gasteiger partial charge on any atom is -0.290 e. The van der Waals surface area contributed by atoms with Gasteiger partial charge in [0.1, 0.15) is 11.6 Å². The number of fused-ring (bicyclic) bond motifs is 1. The van der Waals surface area contributed by atoms with Crippen molar-refractivity contribution >= 4 is 24.0 Å². The van der Waals surface area contributed by atoms with E-state index in [2.05, 4.69) is 23.3 Å². The number of amides is 3. The van der Waals surface area contributed by atoms with Crippen LogP contribution in [0.5, 0.6) is 0 Å². The summed E-state index contributed by atoms with van der Waals surface area (Å²) < 4.78 is 1.91. The van der Waals surface area contributed by atoms with Crippen LogP contribution >= 0.6 is 0 Å². The van der Waals surface area contributed by atoms with Crippen molar-refractivity contribution in [3.8, 4) is 0 Å². The molecule has 0 bridgehead atoms. The Morgan fingerprint density at radius 1 is 1.44 bits per heavy atom. The molecule has 1 aromatic heterocycles. The van der Waals surface area contributed by atoms with Crippen LogP contribution in [-0.2, 0) is 11.2 Å². The van der Waals surface area contributed by atoms with Gasteiger partial charge in [0.25, 0.3) is 0 Å². The Hall–Kier alpha value is -2.11. The van der Waals surface area contributed by atoms with E-state index >= 15 is 0 Å². The summed E-state index contributed by atoms with van der Waals surface area (Å²) in [6.07, 6.45) is 6.91. The first-order valence-electron chi connectivity index (χ1n) is 6.01. The van der Waals surface area contributed by atoms with Crippen LogP contribution in [0.2, 0.25) is 0 Å². The standard InChI is InChI=1S/C12H14N4O2/c1-8-2-4-15-9(6-8)13-7-11(15)16-5-3-10(17)14-12(16)18/h2,4,7-8H,3,5-6H2,1H3,(H,14,17,18). The molecule has 1 fully saturated rings. The molecule has 3 rings (SSSR count). The lowest BCUT2D eigenvalue weighted by Crippen LogP contribution is -2.50. The molecule has 2 aliphatic rings. The topological polar surface area (TPSA) is 67.2 Å². The first-order chi connectivity index (χ1) is 8.65. The van der Waals surface area contributed by atoms with E-state index in [1.807, 2.05) is 10.8 Å². The third kappa shape index (κ3) is 1.70. The fourth-order valence-corrected chi connectivity index (χ4v) is 2.27. The minimum absolute atomic E-state index is 0.223. The Labute approximate surface area is 104 Å². The summed E-state index contributed by atoms with van der Waals surface area (Å²) in [7, 11) is 0. The maximum atomic E-state index is 11.8. The molecule has 0 aromatic carbocycles. The normalized spacial score (nSPS) is 22.9. The van der Waals surface area contributed by atoms with E-state index in [0.29, 0.717) is 18.9 Å². The number of rotatable bonds is 1. The molecule has 0 spiro atoms. The molecule has 0 radical (unpaired) electrons. The molecular weight excluding hydrogens is 232 g/mol. The molecular formula is C12H14N4O2. The molecule has 18 heavy (non-hydrogen) atoms. The van der Waals surface area contributed by atoms with Crippen LogP contribution in [0.15, 0.2) is 12.3 Å². The number of hydrogen-bond acceptors (Lipinski definition) is 3. The van der Waals surface area contributed by atoms with Crippen molar-refractivity contribution in [3.05, 3.63) is 18.1 Å². The van der Waals surface area contributed by atoms with Gasteiger partial charge in [-0.3, -0.25) is 19.6 Å². The van der Waals surface area contributed by atoms with Gasteiger partial charge in [0.15, 0.2) is 0 Å². The van der Waals surface area contributed by atoms with Gasteiger partial charge in [0, 0.05) is 25.6 Å². The quantitative estimate of drug-likeness (QED) is 0.803. The molecule has 3 amide bonds. The molecule has 3 heterocycles. The van der Waals surface area contributed by atoms with Crippen LogP contribution < -0.4 is 10.2 Å². The maximum Gasteiger partial charge on any atom is 0.329 e. The smallest absolute Gasteiger partial charge is 0.290 e. The van der Waals surface area contributed by atoms with Crippen molar-refractivity contribution in [2.75, 3.05) is 11.4 Å². The molecule has 94 valence electrons. The number of allylic oxidation sites excluding steroid dienone is 1. The highest BCUT2D eigenvalue weighted by atomic mass is 16.2. The van der Waals surface area contributed by atoms with Crippen molar-refractivity contribution in [2.24, 2.45) is 5.92 Å². The summed E-state index contributed by atoms with van der Waals surface area (Å²) in [5, 5.41) is 2.32. The Balaban J connectivity index is 1.93. The van der Waals surface area contributed by atoms with E-state index in [1.165, 1.54) is 0 Å².